The zero-order valence-corrected chi connectivity index (χ0v) is 21.5. The van der Waals surface area contributed by atoms with Crippen LogP contribution in [0.25, 0.3) is 11.1 Å². The first-order chi connectivity index (χ1) is 18.1. The average Bonchev–Trinajstić information content (AvgIpc) is 3.14. The molecule has 1 amide bonds. The maximum atomic E-state index is 13.9. The lowest BCUT2D eigenvalue weighted by molar-refractivity contribution is 0.130. The third-order valence-corrected chi connectivity index (χ3v) is 6.92. The maximum absolute atomic E-state index is 13.9. The molecular weight excluding hydrogens is 499 g/mol. The number of rotatable bonds is 7. The molecule has 2 aliphatic rings. The fourth-order valence-electron chi connectivity index (χ4n) is 4.69. The van der Waals surface area contributed by atoms with Gasteiger partial charge in [-0.2, -0.15) is 0 Å². The van der Waals surface area contributed by atoms with Crippen LogP contribution in [0.15, 0.2) is 36.7 Å². The Labute approximate surface area is 218 Å². The van der Waals surface area contributed by atoms with Crippen molar-refractivity contribution < 1.29 is 27.4 Å². The molecule has 0 saturated carbocycles. The van der Waals surface area contributed by atoms with E-state index in [2.05, 4.69) is 9.97 Å². The molecule has 0 bridgehead atoms. The Morgan fingerprint density at radius 2 is 1.79 bits per heavy atom. The summed E-state index contributed by atoms with van der Waals surface area (Å²) in [6.07, 6.45) is 0.895. The minimum atomic E-state index is -0.949. The second-order valence-electron chi connectivity index (χ2n) is 9.89. The van der Waals surface area contributed by atoms with Crippen molar-refractivity contribution >= 4 is 12.0 Å². The molecule has 2 atom stereocenters. The van der Waals surface area contributed by atoms with E-state index in [1.807, 2.05) is 19.9 Å². The van der Waals surface area contributed by atoms with Gasteiger partial charge in [-0.3, -0.25) is 4.90 Å². The number of methoxy groups -OCH3 is 1. The fourth-order valence-corrected chi connectivity index (χ4v) is 4.69. The lowest BCUT2D eigenvalue weighted by Crippen LogP contribution is -2.49. The van der Waals surface area contributed by atoms with Crippen LogP contribution in [0.1, 0.15) is 49.6 Å². The van der Waals surface area contributed by atoms with Crippen LogP contribution in [0.5, 0.6) is 5.88 Å². The maximum Gasteiger partial charge on any atom is 0.411 e. The zero-order chi connectivity index (χ0) is 27.1. The van der Waals surface area contributed by atoms with E-state index in [1.165, 1.54) is 12.0 Å². The van der Waals surface area contributed by atoms with Crippen LogP contribution in [-0.4, -0.2) is 58.4 Å². The summed E-state index contributed by atoms with van der Waals surface area (Å²) >= 11 is 0. The number of benzene rings is 1. The molecule has 0 N–H and O–H groups in total. The SMILES string of the molecule is COc1ncc(C(C)C)cc1-c1cnc(N2CC(F)C2)nc1CN1C(=O)OC(c2cc(F)cc(F)c2)C1C. The normalized spacial score (nSPS) is 19.6. The summed E-state index contributed by atoms with van der Waals surface area (Å²) in [6, 6.07) is 4.46. The number of anilines is 1. The molecule has 2 saturated heterocycles. The van der Waals surface area contributed by atoms with Gasteiger partial charge in [0.05, 0.1) is 38.5 Å². The molecule has 200 valence electrons. The van der Waals surface area contributed by atoms with Crippen molar-refractivity contribution in [3.05, 3.63) is 65.1 Å². The molecule has 8 nitrogen and oxygen atoms in total. The van der Waals surface area contributed by atoms with Crippen LogP contribution in [0.4, 0.5) is 23.9 Å². The van der Waals surface area contributed by atoms with Gasteiger partial charge in [0.15, 0.2) is 0 Å². The largest absolute Gasteiger partial charge is 0.481 e. The van der Waals surface area contributed by atoms with Gasteiger partial charge in [0.25, 0.3) is 0 Å². The number of pyridine rings is 1. The van der Waals surface area contributed by atoms with Gasteiger partial charge in [0.1, 0.15) is 23.9 Å². The standard InChI is InChI=1S/C27H28F3N5O3/c1-14(2)17-7-21(25(37-4)31-9-17)22-10-32-26(34-11-20(30)12-34)33-23(22)13-35-15(3)24(38-27(35)36)16-5-18(28)8-19(29)6-16/h5-10,14-15,20,24H,11-13H2,1-4H3. The van der Waals surface area contributed by atoms with Crippen LogP contribution < -0.4 is 9.64 Å². The lowest BCUT2D eigenvalue weighted by Gasteiger charge is -2.34. The Bertz CT molecular complexity index is 1350. The van der Waals surface area contributed by atoms with Gasteiger partial charge in [-0.05, 0) is 36.6 Å². The molecule has 3 aromatic rings. The predicted molar refractivity (Wildman–Crippen MR) is 134 cm³/mol. The first kappa shape index (κ1) is 25.7. The number of nitrogens with zero attached hydrogens (tertiary/aromatic N) is 5. The van der Waals surface area contributed by atoms with Gasteiger partial charge in [0.2, 0.25) is 11.8 Å². The Balaban J connectivity index is 1.54. The zero-order valence-electron chi connectivity index (χ0n) is 21.5. The highest BCUT2D eigenvalue weighted by atomic mass is 19.1. The summed E-state index contributed by atoms with van der Waals surface area (Å²) in [6.45, 7) is 6.21. The third-order valence-electron chi connectivity index (χ3n) is 6.92. The van der Waals surface area contributed by atoms with Crippen molar-refractivity contribution in [1.29, 1.82) is 0 Å². The van der Waals surface area contributed by atoms with Crippen molar-refractivity contribution in [2.24, 2.45) is 0 Å². The monoisotopic (exact) mass is 527 g/mol. The Hall–Kier alpha value is -3.89. The first-order valence-electron chi connectivity index (χ1n) is 12.4. The molecule has 0 radical (unpaired) electrons. The van der Waals surface area contributed by atoms with Gasteiger partial charge >= 0.3 is 6.09 Å². The quantitative estimate of drug-likeness (QED) is 0.418. The van der Waals surface area contributed by atoms with Crippen molar-refractivity contribution in [3.8, 4) is 17.0 Å². The smallest absolute Gasteiger partial charge is 0.411 e. The molecule has 1 aromatic carbocycles. The number of cyclic esters (lactones) is 1. The Morgan fingerprint density at radius 3 is 2.42 bits per heavy atom. The highest BCUT2D eigenvalue weighted by Gasteiger charge is 2.41. The molecule has 11 heteroatoms. The highest BCUT2D eigenvalue weighted by molar-refractivity contribution is 5.74. The first-order valence-corrected chi connectivity index (χ1v) is 12.4. The van der Waals surface area contributed by atoms with E-state index in [0.29, 0.717) is 28.6 Å². The second kappa shape index (κ2) is 10.1. The van der Waals surface area contributed by atoms with Crippen LogP contribution in [0.3, 0.4) is 0 Å². The van der Waals surface area contributed by atoms with Crippen LogP contribution >= 0.6 is 0 Å². The number of ether oxygens (including phenoxy) is 2. The Kier molecular flexibility index (Phi) is 6.85. The highest BCUT2D eigenvalue weighted by Crippen LogP contribution is 2.38. The van der Waals surface area contributed by atoms with E-state index in [1.54, 1.807) is 24.2 Å². The minimum absolute atomic E-state index is 0.0150. The molecule has 2 fully saturated rings. The number of carbonyl (C=O) groups excluding carboxylic acids is 1. The van der Waals surface area contributed by atoms with E-state index in [9.17, 15) is 18.0 Å². The number of hydrogen-bond donors (Lipinski definition) is 0. The fraction of sp³-hybridized carbons (Fsp3) is 0.407. The van der Waals surface area contributed by atoms with Gasteiger partial charge in [-0.15, -0.1) is 0 Å². The van der Waals surface area contributed by atoms with Crippen LogP contribution in [0, 0.1) is 11.6 Å². The van der Waals surface area contributed by atoms with Crippen molar-refractivity contribution in [2.75, 3.05) is 25.1 Å². The molecule has 4 heterocycles. The molecule has 5 rings (SSSR count). The summed E-state index contributed by atoms with van der Waals surface area (Å²) in [4.78, 5) is 29.7. The number of amides is 1. The topological polar surface area (TPSA) is 80.7 Å². The minimum Gasteiger partial charge on any atom is -0.481 e. The Morgan fingerprint density at radius 1 is 1.08 bits per heavy atom. The summed E-state index contributed by atoms with van der Waals surface area (Å²) in [7, 11) is 1.51. The van der Waals surface area contributed by atoms with Crippen molar-refractivity contribution in [3.63, 3.8) is 0 Å². The van der Waals surface area contributed by atoms with E-state index < -0.39 is 36.0 Å². The van der Waals surface area contributed by atoms with Crippen LogP contribution in [0.2, 0.25) is 0 Å². The van der Waals surface area contributed by atoms with Gasteiger partial charge in [-0.25, -0.2) is 32.9 Å². The van der Waals surface area contributed by atoms with Gasteiger partial charge in [-0.1, -0.05) is 13.8 Å². The molecule has 0 spiro atoms. The van der Waals surface area contributed by atoms with Gasteiger partial charge in [0, 0.05) is 35.2 Å². The average molecular weight is 528 g/mol. The number of halogens is 3. The number of aromatic nitrogens is 3. The van der Waals surface area contributed by atoms with Crippen LogP contribution in [-0.2, 0) is 11.3 Å². The van der Waals surface area contributed by atoms with Crippen molar-refractivity contribution in [1.82, 2.24) is 19.9 Å². The van der Waals surface area contributed by atoms with E-state index in [4.69, 9.17) is 14.5 Å². The third kappa shape index (κ3) is 4.84. The lowest BCUT2D eigenvalue weighted by atomic mass is 9.99. The molecule has 0 aliphatic carbocycles. The second-order valence-corrected chi connectivity index (χ2v) is 9.89. The predicted octanol–water partition coefficient (Wildman–Crippen LogP) is 5.19. The molecular formula is C27H28F3N5O3. The van der Waals surface area contributed by atoms with E-state index in [0.717, 1.165) is 23.8 Å². The molecule has 2 aromatic heterocycles. The summed E-state index contributed by atoms with van der Waals surface area (Å²) in [5, 5.41) is 0. The number of hydrogen-bond acceptors (Lipinski definition) is 7. The summed E-state index contributed by atoms with van der Waals surface area (Å²) < 4.78 is 52.4. The summed E-state index contributed by atoms with van der Waals surface area (Å²) in [5.41, 5.74) is 2.92. The van der Waals surface area contributed by atoms with Gasteiger partial charge < -0.3 is 14.4 Å². The molecule has 2 unspecified atom stereocenters. The van der Waals surface area contributed by atoms with E-state index >= 15 is 0 Å². The molecule has 2 aliphatic heterocycles. The van der Waals surface area contributed by atoms with Crippen molar-refractivity contribution in [2.45, 2.75) is 51.6 Å². The molecule has 38 heavy (non-hydrogen) atoms. The number of alkyl halides is 1. The summed E-state index contributed by atoms with van der Waals surface area (Å²) in [5.74, 6) is -0.609. The number of carbonyl (C=O) groups is 1. The van der Waals surface area contributed by atoms with E-state index in [-0.39, 0.29) is 31.1 Å².